The molecular weight excluding hydrogens is 298 g/mol. The number of hydrogen-bond donors (Lipinski definition) is 0. The number of carbonyl (C=O) groups is 1. The molecule has 0 aromatic rings. The van der Waals surface area contributed by atoms with E-state index < -0.39 is 0 Å². The van der Waals surface area contributed by atoms with Gasteiger partial charge >= 0.3 is 0 Å². The average molecular weight is 336 g/mol. The van der Waals surface area contributed by atoms with Crippen molar-refractivity contribution in [3.8, 4) is 0 Å². The van der Waals surface area contributed by atoms with E-state index in [2.05, 4.69) is 42.4 Å². The molecule has 1 spiro atoms. The number of rotatable bonds is 4. The normalized spacial score (nSPS) is 26.3. The molecule has 1 amide bonds. The highest BCUT2D eigenvalue weighted by atomic mass is 16.2. The summed E-state index contributed by atoms with van der Waals surface area (Å²) in [6.45, 7) is 16.8. The summed E-state index contributed by atoms with van der Waals surface area (Å²) in [4.78, 5) is 19.9. The molecule has 3 saturated heterocycles. The zero-order valence-corrected chi connectivity index (χ0v) is 16.3. The predicted octanol–water partition coefficient (Wildman–Crippen LogP) is 2.69. The van der Waals surface area contributed by atoms with Crippen LogP contribution in [-0.2, 0) is 4.79 Å². The highest BCUT2D eigenvalue weighted by molar-refractivity contribution is 5.80. The Morgan fingerprint density at radius 3 is 2.00 bits per heavy atom. The van der Waals surface area contributed by atoms with Gasteiger partial charge in [0, 0.05) is 38.8 Å². The van der Waals surface area contributed by atoms with E-state index in [1.54, 1.807) is 0 Å². The fraction of sp³-hybridized carbons (Fsp3) is 0.950. The predicted molar refractivity (Wildman–Crippen MR) is 99.0 cm³/mol. The second kappa shape index (κ2) is 7.33. The molecule has 0 aromatic carbocycles. The minimum atomic E-state index is 0.273. The standard InChI is InChI=1S/C20H37N3O/c1-16(2)13-21-9-5-20(6-10-21)7-11-22(12-8-20)19(24)18-14-23(15-18)17(3)4/h16-18H,5-15H2,1-4H3. The molecule has 0 N–H and O–H groups in total. The molecule has 4 heteroatoms. The summed E-state index contributed by atoms with van der Waals surface area (Å²) in [5, 5.41) is 0. The van der Waals surface area contributed by atoms with E-state index in [1.165, 1.54) is 45.3 Å². The molecule has 24 heavy (non-hydrogen) atoms. The first-order valence-corrected chi connectivity index (χ1v) is 10.1. The molecule has 3 aliphatic heterocycles. The van der Waals surface area contributed by atoms with Gasteiger partial charge < -0.3 is 9.80 Å². The van der Waals surface area contributed by atoms with Gasteiger partial charge in [-0.1, -0.05) is 13.8 Å². The van der Waals surface area contributed by atoms with Crippen molar-refractivity contribution in [2.24, 2.45) is 17.3 Å². The lowest BCUT2D eigenvalue weighted by atomic mass is 9.71. The molecule has 3 aliphatic rings. The van der Waals surface area contributed by atoms with E-state index in [1.807, 2.05) is 0 Å². The van der Waals surface area contributed by atoms with Crippen LogP contribution < -0.4 is 0 Å². The fourth-order valence-electron chi connectivity index (χ4n) is 4.78. The quantitative estimate of drug-likeness (QED) is 0.790. The largest absolute Gasteiger partial charge is 0.342 e. The molecule has 0 aromatic heterocycles. The maximum atomic E-state index is 12.7. The Hall–Kier alpha value is -0.610. The second-order valence-corrected chi connectivity index (χ2v) is 9.26. The molecule has 0 bridgehead atoms. The summed E-state index contributed by atoms with van der Waals surface area (Å²) in [6.07, 6.45) is 5.14. The topological polar surface area (TPSA) is 26.8 Å². The maximum absolute atomic E-state index is 12.7. The van der Waals surface area contributed by atoms with Crippen molar-refractivity contribution in [3.63, 3.8) is 0 Å². The van der Waals surface area contributed by atoms with Crippen LogP contribution in [0.1, 0.15) is 53.4 Å². The molecule has 3 rings (SSSR count). The third kappa shape index (κ3) is 3.96. The van der Waals surface area contributed by atoms with Gasteiger partial charge in [0.05, 0.1) is 5.92 Å². The van der Waals surface area contributed by atoms with Crippen molar-refractivity contribution in [3.05, 3.63) is 0 Å². The third-order valence-electron chi connectivity index (χ3n) is 6.67. The van der Waals surface area contributed by atoms with Crippen molar-refractivity contribution in [2.45, 2.75) is 59.4 Å². The molecule has 0 saturated carbocycles. The van der Waals surface area contributed by atoms with Crippen molar-refractivity contribution >= 4 is 5.91 Å². The number of nitrogens with zero attached hydrogens (tertiary/aromatic N) is 3. The van der Waals surface area contributed by atoms with Gasteiger partial charge in [-0.05, 0) is 64.0 Å². The molecule has 0 radical (unpaired) electrons. The highest BCUT2D eigenvalue weighted by Gasteiger charge is 2.41. The number of carbonyl (C=O) groups excluding carboxylic acids is 1. The Labute approximate surface area is 148 Å². The van der Waals surface area contributed by atoms with Gasteiger partial charge in [-0.2, -0.15) is 0 Å². The smallest absolute Gasteiger partial charge is 0.228 e. The van der Waals surface area contributed by atoms with E-state index in [0.29, 0.717) is 17.4 Å². The van der Waals surface area contributed by atoms with Crippen LogP contribution in [0.25, 0.3) is 0 Å². The molecule has 0 atom stereocenters. The molecule has 138 valence electrons. The Morgan fingerprint density at radius 2 is 1.50 bits per heavy atom. The summed E-state index contributed by atoms with van der Waals surface area (Å²) in [7, 11) is 0. The van der Waals surface area contributed by atoms with Crippen molar-refractivity contribution in [1.82, 2.24) is 14.7 Å². The second-order valence-electron chi connectivity index (χ2n) is 9.26. The van der Waals surface area contributed by atoms with Crippen LogP contribution in [0.15, 0.2) is 0 Å². The summed E-state index contributed by atoms with van der Waals surface area (Å²) in [6, 6.07) is 0.578. The van der Waals surface area contributed by atoms with Crippen LogP contribution >= 0.6 is 0 Å². The van der Waals surface area contributed by atoms with Crippen LogP contribution in [-0.4, -0.2) is 72.5 Å². The maximum Gasteiger partial charge on any atom is 0.228 e. The van der Waals surface area contributed by atoms with Crippen LogP contribution in [0.3, 0.4) is 0 Å². The lowest BCUT2D eigenvalue weighted by Gasteiger charge is -2.49. The van der Waals surface area contributed by atoms with E-state index >= 15 is 0 Å². The van der Waals surface area contributed by atoms with Crippen LogP contribution in [0.5, 0.6) is 0 Å². The summed E-state index contributed by atoms with van der Waals surface area (Å²) >= 11 is 0. The number of amides is 1. The Morgan fingerprint density at radius 1 is 0.958 bits per heavy atom. The SMILES string of the molecule is CC(C)CN1CCC2(CC1)CCN(C(=O)C1CN(C(C)C)C1)CC2. The molecule has 4 nitrogen and oxygen atoms in total. The lowest BCUT2D eigenvalue weighted by molar-refractivity contribution is -0.144. The highest BCUT2D eigenvalue weighted by Crippen LogP contribution is 2.41. The Balaban J connectivity index is 1.42. The number of piperidine rings is 2. The molecule has 0 unspecified atom stereocenters. The van der Waals surface area contributed by atoms with Gasteiger partial charge in [-0.25, -0.2) is 0 Å². The van der Waals surface area contributed by atoms with Gasteiger partial charge in [0.2, 0.25) is 5.91 Å². The van der Waals surface area contributed by atoms with E-state index in [-0.39, 0.29) is 5.92 Å². The van der Waals surface area contributed by atoms with Gasteiger partial charge in [0.25, 0.3) is 0 Å². The summed E-state index contributed by atoms with van der Waals surface area (Å²) in [5.41, 5.74) is 0.536. The first kappa shape index (κ1) is 18.2. The van der Waals surface area contributed by atoms with Gasteiger partial charge in [-0.3, -0.25) is 9.69 Å². The summed E-state index contributed by atoms with van der Waals surface area (Å²) in [5.74, 6) is 1.47. The number of hydrogen-bond acceptors (Lipinski definition) is 3. The minimum Gasteiger partial charge on any atom is -0.342 e. The summed E-state index contributed by atoms with van der Waals surface area (Å²) < 4.78 is 0. The lowest BCUT2D eigenvalue weighted by Crippen LogP contribution is -2.58. The molecule has 0 aliphatic carbocycles. The van der Waals surface area contributed by atoms with Gasteiger partial charge in [0.1, 0.15) is 0 Å². The van der Waals surface area contributed by atoms with E-state index in [4.69, 9.17) is 0 Å². The first-order chi connectivity index (χ1) is 11.4. The van der Waals surface area contributed by atoms with Gasteiger partial charge in [0.15, 0.2) is 0 Å². The zero-order chi connectivity index (χ0) is 17.3. The molecular formula is C20H37N3O. The molecule has 3 heterocycles. The average Bonchev–Trinajstić information content (AvgIpc) is 2.48. The van der Waals surface area contributed by atoms with Crippen LogP contribution in [0, 0.1) is 17.3 Å². The number of likely N-dealkylation sites (tertiary alicyclic amines) is 3. The Bertz CT molecular complexity index is 424. The van der Waals surface area contributed by atoms with Crippen molar-refractivity contribution in [2.75, 3.05) is 45.8 Å². The Kier molecular flexibility index (Phi) is 5.55. The third-order valence-corrected chi connectivity index (χ3v) is 6.67. The molecule has 3 fully saturated rings. The van der Waals surface area contributed by atoms with Crippen LogP contribution in [0.2, 0.25) is 0 Å². The zero-order valence-electron chi connectivity index (χ0n) is 16.3. The van der Waals surface area contributed by atoms with Gasteiger partial charge in [-0.15, -0.1) is 0 Å². The van der Waals surface area contributed by atoms with E-state index in [9.17, 15) is 4.79 Å². The fourth-order valence-corrected chi connectivity index (χ4v) is 4.78. The first-order valence-electron chi connectivity index (χ1n) is 10.1. The monoisotopic (exact) mass is 335 g/mol. The van der Waals surface area contributed by atoms with Crippen molar-refractivity contribution < 1.29 is 4.79 Å². The van der Waals surface area contributed by atoms with Crippen LogP contribution in [0.4, 0.5) is 0 Å². The minimum absolute atomic E-state index is 0.273. The van der Waals surface area contributed by atoms with E-state index in [0.717, 1.165) is 32.1 Å². The van der Waals surface area contributed by atoms with Crippen molar-refractivity contribution in [1.29, 1.82) is 0 Å².